The summed E-state index contributed by atoms with van der Waals surface area (Å²) < 4.78 is 0. The summed E-state index contributed by atoms with van der Waals surface area (Å²) >= 11 is 1.91. The van der Waals surface area contributed by atoms with Crippen molar-refractivity contribution < 1.29 is 9.59 Å². The monoisotopic (exact) mass is 333 g/mol. The van der Waals surface area contributed by atoms with Gasteiger partial charge in [-0.25, -0.2) is 4.79 Å². The normalized spacial score (nSPS) is 22.3. The Bertz CT molecular complexity index is 599. The van der Waals surface area contributed by atoms with Crippen molar-refractivity contribution in [1.29, 1.82) is 0 Å². The maximum absolute atomic E-state index is 12.5. The molecule has 124 valence electrons. The van der Waals surface area contributed by atoms with Gasteiger partial charge in [0.2, 0.25) is 5.91 Å². The van der Waals surface area contributed by atoms with Crippen LogP contribution < -0.4 is 5.32 Å². The Morgan fingerprint density at radius 2 is 2.04 bits per heavy atom. The van der Waals surface area contributed by atoms with E-state index in [1.54, 1.807) is 11.9 Å². The van der Waals surface area contributed by atoms with E-state index in [2.05, 4.69) is 36.5 Å². The highest BCUT2D eigenvalue weighted by Gasteiger charge is 2.35. The molecule has 2 heterocycles. The Hall–Kier alpha value is -1.69. The zero-order chi connectivity index (χ0) is 16.4. The maximum Gasteiger partial charge on any atom is 0.317 e. The first-order valence-electron chi connectivity index (χ1n) is 8.06. The van der Waals surface area contributed by atoms with Gasteiger partial charge in [-0.2, -0.15) is 0 Å². The number of likely N-dealkylation sites (N-methyl/N-ethyl adjacent to an activating group) is 1. The van der Waals surface area contributed by atoms with Crippen LogP contribution >= 0.6 is 11.8 Å². The van der Waals surface area contributed by atoms with Gasteiger partial charge in [-0.1, -0.05) is 17.7 Å². The average Bonchev–Trinajstić information content (AvgIpc) is 2.87. The van der Waals surface area contributed by atoms with Crippen LogP contribution in [0.2, 0.25) is 0 Å². The standard InChI is InChI=1S/C17H23N3O2S/c1-12-4-3-5-14(10-12)23-13-6-8-20(9-7-13)16(21)15-11-19(2)17(22)18-15/h3-5,10,13,15H,6-9,11H2,1-2H3,(H,18,22). The van der Waals surface area contributed by atoms with E-state index >= 15 is 0 Å². The highest BCUT2D eigenvalue weighted by molar-refractivity contribution is 8.00. The number of piperidine rings is 1. The van der Waals surface area contributed by atoms with E-state index < -0.39 is 0 Å². The Labute approximate surface area is 141 Å². The zero-order valence-electron chi connectivity index (χ0n) is 13.6. The molecule has 1 atom stereocenters. The number of hydrogen-bond acceptors (Lipinski definition) is 3. The molecule has 3 amide bonds. The lowest BCUT2D eigenvalue weighted by atomic mass is 10.1. The van der Waals surface area contributed by atoms with Crippen LogP contribution in [-0.2, 0) is 4.79 Å². The Morgan fingerprint density at radius 3 is 2.65 bits per heavy atom. The molecule has 0 bridgehead atoms. The lowest BCUT2D eigenvalue weighted by Crippen LogP contribution is -2.48. The van der Waals surface area contributed by atoms with E-state index in [0.29, 0.717) is 11.8 Å². The van der Waals surface area contributed by atoms with Crippen LogP contribution in [-0.4, -0.2) is 59.7 Å². The van der Waals surface area contributed by atoms with Crippen LogP contribution in [0.5, 0.6) is 0 Å². The molecule has 0 aromatic heterocycles. The zero-order valence-corrected chi connectivity index (χ0v) is 14.4. The largest absolute Gasteiger partial charge is 0.341 e. The maximum atomic E-state index is 12.5. The number of carbonyl (C=O) groups is 2. The van der Waals surface area contributed by atoms with E-state index in [1.165, 1.54) is 10.5 Å². The van der Waals surface area contributed by atoms with Gasteiger partial charge in [-0.15, -0.1) is 11.8 Å². The quantitative estimate of drug-likeness (QED) is 0.922. The summed E-state index contributed by atoms with van der Waals surface area (Å²) in [6.07, 6.45) is 2.00. The minimum absolute atomic E-state index is 0.0571. The van der Waals surface area contributed by atoms with Crippen molar-refractivity contribution in [3.05, 3.63) is 29.8 Å². The number of urea groups is 1. The van der Waals surface area contributed by atoms with Gasteiger partial charge in [-0.05, 0) is 31.9 Å². The van der Waals surface area contributed by atoms with Crippen LogP contribution in [0.25, 0.3) is 0 Å². The fraction of sp³-hybridized carbons (Fsp3) is 0.529. The van der Waals surface area contributed by atoms with Crippen LogP contribution in [0, 0.1) is 6.92 Å². The van der Waals surface area contributed by atoms with Gasteiger partial charge in [0.05, 0.1) is 6.54 Å². The number of nitrogens with one attached hydrogen (secondary N) is 1. The smallest absolute Gasteiger partial charge is 0.317 e. The topological polar surface area (TPSA) is 52.7 Å². The first kappa shape index (κ1) is 16.2. The molecule has 2 aliphatic rings. The first-order valence-corrected chi connectivity index (χ1v) is 8.94. The van der Waals surface area contributed by atoms with Crippen LogP contribution in [0.15, 0.2) is 29.2 Å². The fourth-order valence-electron chi connectivity index (χ4n) is 3.10. The van der Waals surface area contributed by atoms with Gasteiger partial charge >= 0.3 is 6.03 Å². The minimum atomic E-state index is -0.381. The van der Waals surface area contributed by atoms with Crippen molar-refractivity contribution in [1.82, 2.24) is 15.1 Å². The van der Waals surface area contributed by atoms with Gasteiger partial charge in [-0.3, -0.25) is 4.79 Å². The number of aryl methyl sites for hydroxylation is 1. The highest BCUT2D eigenvalue weighted by Crippen LogP contribution is 2.31. The molecule has 3 rings (SSSR count). The lowest BCUT2D eigenvalue weighted by molar-refractivity contribution is -0.133. The first-order chi connectivity index (χ1) is 11.0. The second-order valence-electron chi connectivity index (χ2n) is 6.34. The molecule has 5 nitrogen and oxygen atoms in total. The summed E-state index contributed by atoms with van der Waals surface area (Å²) in [5, 5.41) is 3.31. The number of carbonyl (C=O) groups excluding carboxylic acids is 2. The van der Waals surface area contributed by atoms with Gasteiger partial charge in [0.25, 0.3) is 0 Å². The molecule has 1 aromatic rings. The van der Waals surface area contributed by atoms with Crippen molar-refractivity contribution in [3.63, 3.8) is 0 Å². The summed E-state index contributed by atoms with van der Waals surface area (Å²) in [5.74, 6) is 0.0571. The summed E-state index contributed by atoms with van der Waals surface area (Å²) in [7, 11) is 1.72. The Kier molecular flexibility index (Phi) is 4.80. The third-order valence-electron chi connectivity index (χ3n) is 4.44. The fourth-order valence-corrected chi connectivity index (χ4v) is 4.34. The van der Waals surface area contributed by atoms with Gasteiger partial charge in [0.15, 0.2) is 0 Å². The molecule has 1 aromatic carbocycles. The average molecular weight is 333 g/mol. The molecule has 23 heavy (non-hydrogen) atoms. The summed E-state index contributed by atoms with van der Waals surface area (Å²) in [6, 6.07) is 8.03. The number of likely N-dealkylation sites (tertiary alicyclic amines) is 1. The third kappa shape index (κ3) is 3.80. The number of hydrogen-bond donors (Lipinski definition) is 1. The number of thioether (sulfide) groups is 1. The molecule has 0 radical (unpaired) electrons. The van der Waals surface area contributed by atoms with Crippen molar-refractivity contribution in [2.45, 2.75) is 36.0 Å². The molecule has 2 aliphatic heterocycles. The van der Waals surface area contributed by atoms with E-state index in [-0.39, 0.29) is 18.0 Å². The predicted molar refractivity (Wildman–Crippen MR) is 91.6 cm³/mol. The molecule has 2 saturated heterocycles. The third-order valence-corrected chi connectivity index (χ3v) is 5.78. The van der Waals surface area contributed by atoms with Crippen molar-refractivity contribution >= 4 is 23.7 Å². The van der Waals surface area contributed by atoms with Crippen LogP contribution in [0.1, 0.15) is 18.4 Å². The molecule has 1 unspecified atom stereocenters. The predicted octanol–water partition coefficient (Wildman–Crippen LogP) is 2.10. The SMILES string of the molecule is Cc1cccc(SC2CCN(C(=O)C3CN(C)C(=O)N3)CC2)c1. The van der Waals surface area contributed by atoms with Crippen molar-refractivity contribution in [2.75, 3.05) is 26.7 Å². The number of amides is 3. The molecular formula is C17H23N3O2S. The van der Waals surface area contributed by atoms with E-state index in [0.717, 1.165) is 25.9 Å². The summed E-state index contributed by atoms with van der Waals surface area (Å²) in [6.45, 7) is 4.13. The van der Waals surface area contributed by atoms with Crippen LogP contribution in [0.3, 0.4) is 0 Å². The lowest BCUT2D eigenvalue weighted by Gasteiger charge is -2.33. The Morgan fingerprint density at radius 1 is 1.30 bits per heavy atom. The summed E-state index contributed by atoms with van der Waals surface area (Å²) in [4.78, 5) is 28.7. The Balaban J connectivity index is 1.50. The van der Waals surface area contributed by atoms with Crippen LogP contribution in [0.4, 0.5) is 4.79 Å². The number of rotatable bonds is 3. The summed E-state index contributed by atoms with van der Waals surface area (Å²) in [5.41, 5.74) is 1.28. The van der Waals surface area contributed by atoms with Gasteiger partial charge in [0.1, 0.15) is 6.04 Å². The molecule has 1 N–H and O–H groups in total. The van der Waals surface area contributed by atoms with Crippen molar-refractivity contribution in [2.24, 2.45) is 0 Å². The number of nitrogens with zero attached hydrogens (tertiary/aromatic N) is 2. The van der Waals surface area contributed by atoms with E-state index in [4.69, 9.17) is 0 Å². The molecule has 0 spiro atoms. The molecule has 2 fully saturated rings. The van der Waals surface area contributed by atoms with Crippen molar-refractivity contribution in [3.8, 4) is 0 Å². The molecule has 0 saturated carbocycles. The van der Waals surface area contributed by atoms with E-state index in [9.17, 15) is 9.59 Å². The highest BCUT2D eigenvalue weighted by atomic mass is 32.2. The molecule has 0 aliphatic carbocycles. The van der Waals surface area contributed by atoms with Gasteiger partial charge < -0.3 is 15.1 Å². The second-order valence-corrected chi connectivity index (χ2v) is 7.72. The van der Waals surface area contributed by atoms with Gasteiger partial charge in [0, 0.05) is 30.3 Å². The second kappa shape index (κ2) is 6.83. The molecular weight excluding hydrogens is 310 g/mol. The minimum Gasteiger partial charge on any atom is -0.341 e. The van der Waals surface area contributed by atoms with E-state index in [1.807, 2.05) is 16.7 Å². The number of benzene rings is 1. The molecule has 6 heteroatoms.